The SMILES string of the molecule is CCOC(=O)C1C(c2ccccc2)CC(c2ccc(OC)cc2)=CC12NCCN2. The van der Waals surface area contributed by atoms with Gasteiger partial charge in [-0.15, -0.1) is 0 Å². The molecule has 29 heavy (non-hydrogen) atoms. The van der Waals surface area contributed by atoms with Gasteiger partial charge >= 0.3 is 5.97 Å². The zero-order valence-electron chi connectivity index (χ0n) is 17.0. The number of ether oxygens (including phenoxy) is 2. The molecule has 2 aromatic rings. The van der Waals surface area contributed by atoms with Crippen molar-refractivity contribution in [1.29, 1.82) is 0 Å². The summed E-state index contributed by atoms with van der Waals surface area (Å²) in [6.45, 7) is 3.86. The number of rotatable bonds is 5. The topological polar surface area (TPSA) is 59.6 Å². The van der Waals surface area contributed by atoms with Crippen LogP contribution in [0.5, 0.6) is 5.75 Å². The van der Waals surface area contributed by atoms with E-state index in [1.807, 2.05) is 37.3 Å². The monoisotopic (exact) mass is 392 g/mol. The van der Waals surface area contributed by atoms with E-state index in [9.17, 15) is 4.79 Å². The quantitative estimate of drug-likeness (QED) is 0.765. The minimum absolute atomic E-state index is 0.00968. The molecular weight excluding hydrogens is 364 g/mol. The summed E-state index contributed by atoms with van der Waals surface area (Å²) in [4.78, 5) is 13.1. The molecule has 2 N–H and O–H groups in total. The second-order valence-corrected chi connectivity index (χ2v) is 7.57. The van der Waals surface area contributed by atoms with Gasteiger partial charge in [0.1, 0.15) is 11.4 Å². The molecule has 0 amide bonds. The highest BCUT2D eigenvalue weighted by Gasteiger charge is 2.51. The van der Waals surface area contributed by atoms with Gasteiger partial charge in [-0.25, -0.2) is 0 Å². The molecule has 1 aliphatic heterocycles. The molecule has 5 nitrogen and oxygen atoms in total. The van der Waals surface area contributed by atoms with Crippen LogP contribution in [0.25, 0.3) is 5.57 Å². The van der Waals surface area contributed by atoms with Crippen molar-refractivity contribution < 1.29 is 14.3 Å². The van der Waals surface area contributed by atoms with Crippen molar-refractivity contribution in [3.05, 3.63) is 71.8 Å². The fraction of sp³-hybridized carbons (Fsp3) is 0.375. The molecule has 1 saturated heterocycles. The van der Waals surface area contributed by atoms with Crippen molar-refractivity contribution in [1.82, 2.24) is 10.6 Å². The van der Waals surface area contributed by atoms with E-state index in [1.54, 1.807) is 7.11 Å². The first-order chi connectivity index (χ1) is 14.2. The van der Waals surface area contributed by atoms with E-state index >= 15 is 0 Å². The molecule has 5 heteroatoms. The van der Waals surface area contributed by atoms with E-state index in [4.69, 9.17) is 9.47 Å². The van der Waals surface area contributed by atoms with E-state index in [2.05, 4.69) is 41.0 Å². The van der Waals surface area contributed by atoms with Gasteiger partial charge in [0.2, 0.25) is 0 Å². The highest BCUT2D eigenvalue weighted by molar-refractivity contribution is 5.81. The van der Waals surface area contributed by atoms with Gasteiger partial charge in [-0.3, -0.25) is 15.4 Å². The lowest BCUT2D eigenvalue weighted by Crippen LogP contribution is -2.60. The van der Waals surface area contributed by atoms with Gasteiger partial charge in [0.05, 0.1) is 19.6 Å². The Labute approximate surface area is 172 Å². The molecule has 1 heterocycles. The Morgan fingerprint density at radius 2 is 1.76 bits per heavy atom. The molecule has 1 aliphatic carbocycles. The lowest BCUT2D eigenvalue weighted by molar-refractivity contribution is -0.151. The first kappa shape index (κ1) is 19.7. The van der Waals surface area contributed by atoms with Crippen LogP contribution in [0, 0.1) is 5.92 Å². The average molecular weight is 392 g/mol. The van der Waals surface area contributed by atoms with Crippen LogP contribution in [0.3, 0.4) is 0 Å². The van der Waals surface area contributed by atoms with Gasteiger partial charge in [0.15, 0.2) is 0 Å². The number of hydrogen-bond acceptors (Lipinski definition) is 5. The summed E-state index contributed by atoms with van der Waals surface area (Å²) in [7, 11) is 1.67. The number of nitrogens with one attached hydrogen (secondary N) is 2. The largest absolute Gasteiger partial charge is 0.497 e. The van der Waals surface area contributed by atoms with E-state index in [1.165, 1.54) is 5.57 Å². The summed E-state index contributed by atoms with van der Waals surface area (Å²) in [5, 5.41) is 7.14. The van der Waals surface area contributed by atoms with Crippen LogP contribution in [0.1, 0.15) is 30.4 Å². The predicted octanol–water partition coefficient (Wildman–Crippen LogP) is 3.33. The Morgan fingerprint density at radius 1 is 1.07 bits per heavy atom. The fourth-order valence-electron chi connectivity index (χ4n) is 4.62. The van der Waals surface area contributed by atoms with Crippen molar-refractivity contribution in [2.24, 2.45) is 5.92 Å². The smallest absolute Gasteiger partial charge is 0.313 e. The molecular formula is C24H28N2O3. The van der Waals surface area contributed by atoms with Gasteiger partial charge in [0, 0.05) is 19.0 Å². The zero-order chi connectivity index (χ0) is 20.3. The van der Waals surface area contributed by atoms with E-state index in [0.29, 0.717) is 6.61 Å². The molecule has 0 bridgehead atoms. The van der Waals surface area contributed by atoms with E-state index < -0.39 is 5.66 Å². The standard InChI is InChI=1S/C24H28N2O3/c1-3-29-23(27)22-21(18-7-5-4-6-8-18)15-19(16-24(22)25-13-14-26-24)17-9-11-20(28-2)12-10-17/h4-12,16,21-22,25-26H,3,13-15H2,1-2H3. The van der Waals surface area contributed by atoms with Crippen molar-refractivity contribution >= 4 is 11.5 Å². The molecule has 2 aliphatic rings. The van der Waals surface area contributed by atoms with Crippen LogP contribution in [-0.4, -0.2) is 38.4 Å². The average Bonchev–Trinajstić information content (AvgIpc) is 3.22. The highest BCUT2D eigenvalue weighted by atomic mass is 16.5. The number of esters is 1. The van der Waals surface area contributed by atoms with Gasteiger partial charge in [-0.2, -0.15) is 0 Å². The van der Waals surface area contributed by atoms with Crippen molar-refractivity contribution in [3.8, 4) is 5.75 Å². The number of benzene rings is 2. The third-order valence-corrected chi connectivity index (χ3v) is 5.92. The maximum absolute atomic E-state index is 13.1. The molecule has 2 aromatic carbocycles. The third kappa shape index (κ3) is 3.80. The van der Waals surface area contributed by atoms with Crippen molar-refractivity contribution in [2.45, 2.75) is 24.9 Å². The summed E-state index contributed by atoms with van der Waals surface area (Å²) >= 11 is 0. The van der Waals surface area contributed by atoms with Crippen LogP contribution in [0.15, 0.2) is 60.7 Å². The Kier molecular flexibility index (Phi) is 5.69. The number of methoxy groups -OCH3 is 1. The van der Waals surface area contributed by atoms with E-state index in [-0.39, 0.29) is 17.8 Å². The maximum atomic E-state index is 13.1. The number of hydrogen-bond donors (Lipinski definition) is 2. The van der Waals surface area contributed by atoms with Crippen LogP contribution in [0.4, 0.5) is 0 Å². The number of carbonyl (C=O) groups excluding carboxylic acids is 1. The molecule has 0 saturated carbocycles. The Morgan fingerprint density at radius 3 is 2.38 bits per heavy atom. The zero-order valence-corrected chi connectivity index (χ0v) is 17.0. The lowest BCUT2D eigenvalue weighted by atomic mass is 9.69. The Bertz CT molecular complexity index is 871. The molecule has 152 valence electrons. The van der Waals surface area contributed by atoms with Crippen molar-refractivity contribution in [2.75, 3.05) is 26.8 Å². The molecule has 2 unspecified atom stereocenters. The number of allylic oxidation sites excluding steroid dienone is 1. The summed E-state index contributed by atoms with van der Waals surface area (Å²) < 4.78 is 10.8. The second kappa shape index (κ2) is 8.39. The van der Waals surface area contributed by atoms with Gasteiger partial charge in [0.25, 0.3) is 0 Å². The first-order valence-electron chi connectivity index (χ1n) is 10.2. The molecule has 1 fully saturated rings. The highest BCUT2D eigenvalue weighted by Crippen LogP contribution is 2.46. The Balaban J connectivity index is 1.81. The molecule has 0 aromatic heterocycles. The summed E-state index contributed by atoms with van der Waals surface area (Å²) in [6, 6.07) is 18.4. The predicted molar refractivity (Wildman–Crippen MR) is 114 cm³/mol. The minimum Gasteiger partial charge on any atom is -0.497 e. The van der Waals surface area contributed by atoms with Crippen LogP contribution < -0.4 is 15.4 Å². The minimum atomic E-state index is -0.611. The fourth-order valence-corrected chi connectivity index (χ4v) is 4.62. The molecule has 2 atom stereocenters. The van der Waals surface area contributed by atoms with Crippen LogP contribution in [0.2, 0.25) is 0 Å². The molecule has 0 radical (unpaired) electrons. The van der Waals surface area contributed by atoms with Gasteiger partial charge in [-0.1, -0.05) is 42.5 Å². The number of carbonyl (C=O) groups is 1. The first-order valence-corrected chi connectivity index (χ1v) is 10.2. The molecule has 4 rings (SSSR count). The lowest BCUT2D eigenvalue weighted by Gasteiger charge is -2.43. The summed E-state index contributed by atoms with van der Waals surface area (Å²) in [5.74, 6) is 0.346. The van der Waals surface area contributed by atoms with Crippen LogP contribution in [-0.2, 0) is 9.53 Å². The second-order valence-electron chi connectivity index (χ2n) is 7.57. The van der Waals surface area contributed by atoms with Crippen molar-refractivity contribution in [3.63, 3.8) is 0 Å². The van der Waals surface area contributed by atoms with Gasteiger partial charge in [-0.05, 0) is 48.3 Å². The summed E-state index contributed by atoms with van der Waals surface area (Å²) in [6.07, 6.45) is 2.97. The van der Waals surface area contributed by atoms with Crippen LogP contribution >= 0.6 is 0 Å². The van der Waals surface area contributed by atoms with Gasteiger partial charge < -0.3 is 9.47 Å². The molecule has 1 spiro atoms. The Hall–Kier alpha value is -2.63. The maximum Gasteiger partial charge on any atom is 0.313 e. The summed E-state index contributed by atoms with van der Waals surface area (Å²) in [5.41, 5.74) is 2.90. The normalized spacial score (nSPS) is 22.9. The third-order valence-electron chi connectivity index (χ3n) is 5.92. The van der Waals surface area contributed by atoms with E-state index in [0.717, 1.165) is 36.4 Å².